The zero-order valence-corrected chi connectivity index (χ0v) is 15.0. The number of imidazole rings is 1. The Bertz CT molecular complexity index is 1250. The van der Waals surface area contributed by atoms with Gasteiger partial charge in [0.25, 0.3) is 5.69 Å². The van der Waals surface area contributed by atoms with E-state index in [1.807, 2.05) is 24.3 Å². The van der Waals surface area contributed by atoms with Crippen LogP contribution in [0.4, 0.5) is 5.69 Å². The second-order valence-corrected chi connectivity index (χ2v) is 6.30. The Morgan fingerprint density at radius 2 is 2.07 bits per heavy atom. The van der Waals surface area contributed by atoms with E-state index in [2.05, 4.69) is 16.0 Å². The second-order valence-electron chi connectivity index (χ2n) is 5.90. The fourth-order valence-electron chi connectivity index (χ4n) is 2.77. The Morgan fingerprint density at radius 3 is 2.82 bits per heavy atom. The molecule has 0 atom stereocenters. The first-order chi connectivity index (χ1) is 13.5. The number of allylic oxidation sites excluding steroid dienone is 1. The molecule has 0 amide bonds. The van der Waals surface area contributed by atoms with Gasteiger partial charge in [0.05, 0.1) is 26.6 Å². The van der Waals surface area contributed by atoms with E-state index >= 15 is 0 Å². The van der Waals surface area contributed by atoms with Gasteiger partial charge in [0.15, 0.2) is 0 Å². The minimum Gasteiger partial charge on any atom is -0.457 e. The Kier molecular flexibility index (Phi) is 4.39. The van der Waals surface area contributed by atoms with Crippen LogP contribution in [0.1, 0.15) is 11.6 Å². The molecule has 0 aliphatic heterocycles. The molecule has 0 aliphatic rings. The number of non-ortho nitro benzene ring substituents is 1. The number of para-hydroxylation sites is 2. The van der Waals surface area contributed by atoms with Gasteiger partial charge >= 0.3 is 0 Å². The number of H-pyrrole nitrogens is 1. The highest BCUT2D eigenvalue weighted by atomic mass is 35.5. The summed E-state index contributed by atoms with van der Waals surface area (Å²) in [6.07, 6.45) is 1.55. The van der Waals surface area contributed by atoms with Gasteiger partial charge in [0, 0.05) is 23.8 Å². The second kappa shape index (κ2) is 7.02. The van der Waals surface area contributed by atoms with Crippen molar-refractivity contribution < 1.29 is 9.34 Å². The van der Waals surface area contributed by atoms with E-state index in [-0.39, 0.29) is 5.69 Å². The molecular formula is C20H11ClN4O3. The van der Waals surface area contributed by atoms with Crippen molar-refractivity contribution in [2.45, 2.75) is 0 Å². The lowest BCUT2D eigenvalue weighted by Crippen LogP contribution is -1.88. The number of fused-ring (bicyclic) bond motifs is 1. The molecule has 2 aromatic carbocycles. The van der Waals surface area contributed by atoms with Gasteiger partial charge in [-0.2, -0.15) is 5.26 Å². The zero-order chi connectivity index (χ0) is 19.7. The zero-order valence-electron chi connectivity index (χ0n) is 14.2. The number of hydrogen-bond donors (Lipinski definition) is 1. The van der Waals surface area contributed by atoms with E-state index in [9.17, 15) is 15.4 Å². The molecule has 0 spiro atoms. The lowest BCUT2D eigenvalue weighted by Gasteiger charge is -2.00. The summed E-state index contributed by atoms with van der Waals surface area (Å²) in [5, 5.41) is 20.8. The fourth-order valence-corrected chi connectivity index (χ4v) is 2.98. The molecule has 0 fully saturated rings. The predicted molar refractivity (Wildman–Crippen MR) is 105 cm³/mol. The molecule has 0 aliphatic carbocycles. The standard InChI is InChI=1S/C20H11ClN4O3/c21-16-7-5-13(25(26)27)10-15(16)19-8-6-14(28-19)9-12(11-22)20-23-17-3-1-2-4-18(17)24-20/h1-10H,(H,23,24)/b12-9-. The van der Waals surface area contributed by atoms with Crippen molar-refractivity contribution in [1.82, 2.24) is 9.97 Å². The van der Waals surface area contributed by atoms with E-state index < -0.39 is 4.92 Å². The number of furan rings is 1. The first-order valence-corrected chi connectivity index (χ1v) is 8.54. The Labute approximate surface area is 163 Å². The highest BCUT2D eigenvalue weighted by Crippen LogP contribution is 2.33. The van der Waals surface area contributed by atoms with Gasteiger partial charge in [-0.05, 0) is 30.3 Å². The molecule has 0 unspecified atom stereocenters. The molecular weight excluding hydrogens is 380 g/mol. The maximum atomic E-state index is 11.0. The van der Waals surface area contributed by atoms with E-state index in [1.54, 1.807) is 18.2 Å². The maximum absolute atomic E-state index is 11.0. The third-order valence-corrected chi connectivity index (χ3v) is 4.43. The number of aromatic nitrogens is 2. The number of aromatic amines is 1. The first kappa shape index (κ1) is 17.5. The highest BCUT2D eigenvalue weighted by Gasteiger charge is 2.15. The predicted octanol–water partition coefficient (Wildman–Crippen LogP) is 5.45. The number of nitriles is 1. The van der Waals surface area contributed by atoms with Crippen LogP contribution in [0.25, 0.3) is 34.0 Å². The number of nitrogens with zero attached hydrogens (tertiary/aromatic N) is 3. The quantitative estimate of drug-likeness (QED) is 0.283. The van der Waals surface area contributed by atoms with E-state index in [0.29, 0.717) is 33.5 Å². The summed E-state index contributed by atoms with van der Waals surface area (Å²) in [4.78, 5) is 18.0. The molecule has 4 aromatic rings. The van der Waals surface area contributed by atoms with Crippen LogP contribution in [-0.4, -0.2) is 14.9 Å². The van der Waals surface area contributed by atoms with Crippen molar-refractivity contribution in [3.05, 3.63) is 81.3 Å². The summed E-state index contributed by atoms with van der Waals surface area (Å²) in [5.41, 5.74) is 2.18. The van der Waals surface area contributed by atoms with E-state index in [4.69, 9.17) is 16.0 Å². The van der Waals surface area contributed by atoms with Gasteiger partial charge in [-0.25, -0.2) is 4.98 Å². The Morgan fingerprint density at radius 1 is 1.25 bits per heavy atom. The smallest absolute Gasteiger partial charge is 0.270 e. The van der Waals surface area contributed by atoms with Crippen LogP contribution < -0.4 is 0 Å². The highest BCUT2D eigenvalue weighted by molar-refractivity contribution is 6.33. The van der Waals surface area contributed by atoms with Crippen LogP contribution in [0.2, 0.25) is 5.02 Å². The third-order valence-electron chi connectivity index (χ3n) is 4.10. The molecule has 1 N–H and O–H groups in total. The molecule has 2 aromatic heterocycles. The molecule has 4 rings (SSSR count). The van der Waals surface area contributed by atoms with Crippen molar-refractivity contribution in [3.8, 4) is 17.4 Å². The number of benzene rings is 2. The van der Waals surface area contributed by atoms with Gasteiger partial charge in [-0.1, -0.05) is 23.7 Å². The molecule has 0 saturated heterocycles. The van der Waals surface area contributed by atoms with Crippen LogP contribution in [-0.2, 0) is 0 Å². The Hall–Kier alpha value is -3.89. The third kappa shape index (κ3) is 3.24. The summed E-state index contributed by atoms with van der Waals surface area (Å²) in [7, 11) is 0. The van der Waals surface area contributed by atoms with Crippen molar-refractivity contribution in [2.75, 3.05) is 0 Å². The number of nitro benzene ring substituents is 1. The maximum Gasteiger partial charge on any atom is 0.270 e. The number of halogens is 1. The molecule has 8 heteroatoms. The van der Waals surface area contributed by atoms with Crippen LogP contribution in [0.5, 0.6) is 0 Å². The summed E-state index contributed by atoms with van der Waals surface area (Å²) < 4.78 is 5.74. The average Bonchev–Trinajstić information content (AvgIpc) is 3.33. The van der Waals surface area contributed by atoms with Crippen LogP contribution in [0.3, 0.4) is 0 Å². The minimum atomic E-state index is -0.501. The summed E-state index contributed by atoms with van der Waals surface area (Å²) in [6, 6.07) is 17.0. The van der Waals surface area contributed by atoms with Crippen LogP contribution in [0.15, 0.2) is 59.0 Å². The number of rotatable bonds is 4. The normalized spacial score (nSPS) is 11.5. The molecule has 0 bridgehead atoms. The van der Waals surface area contributed by atoms with Crippen molar-refractivity contribution >= 4 is 40.0 Å². The van der Waals surface area contributed by atoms with Gasteiger partial charge in [-0.15, -0.1) is 0 Å². The molecule has 28 heavy (non-hydrogen) atoms. The Balaban J connectivity index is 1.71. The summed E-state index contributed by atoms with van der Waals surface area (Å²) in [6.45, 7) is 0. The number of hydrogen-bond acceptors (Lipinski definition) is 5. The molecule has 0 radical (unpaired) electrons. The van der Waals surface area contributed by atoms with Gasteiger partial charge in [0.1, 0.15) is 23.4 Å². The van der Waals surface area contributed by atoms with Gasteiger partial charge in [-0.3, -0.25) is 10.1 Å². The average molecular weight is 391 g/mol. The molecule has 136 valence electrons. The van der Waals surface area contributed by atoms with Crippen LogP contribution in [0, 0.1) is 21.4 Å². The number of nitro groups is 1. The first-order valence-electron chi connectivity index (χ1n) is 8.16. The van der Waals surface area contributed by atoms with Crippen molar-refractivity contribution in [1.29, 1.82) is 5.26 Å². The van der Waals surface area contributed by atoms with Gasteiger partial charge < -0.3 is 9.40 Å². The SMILES string of the molecule is N#C/C(=C/c1ccc(-c2cc([N+](=O)[O-])ccc2Cl)o1)c1nc2ccccc2[nH]1. The molecule has 7 nitrogen and oxygen atoms in total. The summed E-state index contributed by atoms with van der Waals surface area (Å²) in [5.74, 6) is 1.19. The lowest BCUT2D eigenvalue weighted by molar-refractivity contribution is -0.384. The van der Waals surface area contributed by atoms with Crippen molar-refractivity contribution in [3.63, 3.8) is 0 Å². The van der Waals surface area contributed by atoms with E-state index in [0.717, 1.165) is 11.0 Å². The minimum absolute atomic E-state index is 0.0899. The van der Waals surface area contributed by atoms with E-state index in [1.165, 1.54) is 18.2 Å². The monoisotopic (exact) mass is 390 g/mol. The van der Waals surface area contributed by atoms with Crippen molar-refractivity contribution in [2.24, 2.45) is 0 Å². The largest absolute Gasteiger partial charge is 0.457 e. The number of nitrogens with one attached hydrogen (secondary N) is 1. The van der Waals surface area contributed by atoms with Gasteiger partial charge in [0.2, 0.25) is 0 Å². The molecule has 2 heterocycles. The lowest BCUT2D eigenvalue weighted by atomic mass is 10.1. The van der Waals surface area contributed by atoms with Crippen LogP contribution >= 0.6 is 11.6 Å². The fraction of sp³-hybridized carbons (Fsp3) is 0. The molecule has 0 saturated carbocycles. The topological polar surface area (TPSA) is 109 Å². The summed E-state index contributed by atoms with van der Waals surface area (Å²) >= 11 is 6.15.